The van der Waals surface area contributed by atoms with E-state index >= 15 is 0 Å². The first-order valence-electron chi connectivity index (χ1n) is 8.46. The van der Waals surface area contributed by atoms with Gasteiger partial charge in [0.2, 0.25) is 6.79 Å². The molecule has 3 rings (SSSR count). The fraction of sp³-hybridized carbons (Fsp3) is 0.150. The summed E-state index contributed by atoms with van der Waals surface area (Å²) in [5.74, 6) is -0.0139. The van der Waals surface area contributed by atoms with E-state index in [0.29, 0.717) is 17.2 Å². The van der Waals surface area contributed by atoms with Crippen molar-refractivity contribution in [1.29, 1.82) is 5.26 Å². The summed E-state index contributed by atoms with van der Waals surface area (Å²) >= 11 is 0. The highest BCUT2D eigenvalue weighted by Crippen LogP contribution is 2.34. The summed E-state index contributed by atoms with van der Waals surface area (Å²) in [6.07, 6.45) is 1.28. The number of para-hydroxylation sites is 1. The third kappa shape index (κ3) is 4.22. The first kappa shape index (κ1) is 18.8. The Morgan fingerprint density at radius 3 is 2.79 bits per heavy atom. The highest BCUT2D eigenvalue weighted by Gasteiger charge is 2.17. The van der Waals surface area contributed by atoms with Crippen LogP contribution >= 0.6 is 0 Å². The maximum Gasteiger partial charge on any atom is 0.340 e. The van der Waals surface area contributed by atoms with Gasteiger partial charge < -0.3 is 24.8 Å². The van der Waals surface area contributed by atoms with Gasteiger partial charge in [-0.1, -0.05) is 12.1 Å². The molecule has 0 fully saturated rings. The van der Waals surface area contributed by atoms with Crippen LogP contribution in [0, 0.1) is 11.3 Å². The normalized spacial score (nSPS) is 12.1. The maximum absolute atomic E-state index is 12.4. The van der Waals surface area contributed by atoms with Gasteiger partial charge in [-0.05, 0) is 31.2 Å². The topological polar surface area (TPSA) is 110 Å². The molecule has 0 saturated heterocycles. The maximum atomic E-state index is 12.4. The average molecular weight is 379 g/mol. The molecule has 1 amide bonds. The highest BCUT2D eigenvalue weighted by atomic mass is 16.7. The van der Waals surface area contributed by atoms with Gasteiger partial charge in [0, 0.05) is 18.0 Å². The molecular formula is C20H17N3O5. The van der Waals surface area contributed by atoms with Crippen molar-refractivity contribution in [2.45, 2.75) is 6.92 Å². The van der Waals surface area contributed by atoms with E-state index in [-0.39, 0.29) is 30.2 Å². The number of nitrogens with one attached hydrogen (secondary N) is 2. The third-order valence-electron chi connectivity index (χ3n) is 3.79. The standard InChI is InChI=1S/C20H17N3O5/c1-2-26-20(25)15-5-3-4-6-16(15)23-19(24)13(10-21)11-22-14-7-8-17-18(9-14)28-12-27-17/h3-9,11,22H,2,12H2,1H3,(H,23,24)/b13-11-. The molecule has 0 atom stereocenters. The Kier molecular flexibility index (Phi) is 5.77. The van der Waals surface area contributed by atoms with E-state index in [1.807, 2.05) is 6.07 Å². The molecule has 142 valence electrons. The van der Waals surface area contributed by atoms with Gasteiger partial charge in [0.25, 0.3) is 5.91 Å². The Balaban J connectivity index is 1.73. The van der Waals surface area contributed by atoms with Crippen molar-refractivity contribution < 1.29 is 23.8 Å². The van der Waals surface area contributed by atoms with Crippen LogP contribution in [0.5, 0.6) is 11.5 Å². The second-order valence-electron chi connectivity index (χ2n) is 5.60. The van der Waals surface area contributed by atoms with Crippen molar-refractivity contribution in [2.24, 2.45) is 0 Å². The molecule has 1 aliphatic rings. The lowest BCUT2D eigenvalue weighted by Gasteiger charge is -2.10. The quantitative estimate of drug-likeness (QED) is 0.451. The summed E-state index contributed by atoms with van der Waals surface area (Å²) in [6.45, 7) is 2.06. The minimum Gasteiger partial charge on any atom is -0.462 e. The van der Waals surface area contributed by atoms with Crippen LogP contribution < -0.4 is 20.1 Å². The van der Waals surface area contributed by atoms with Crippen LogP contribution in [0.2, 0.25) is 0 Å². The van der Waals surface area contributed by atoms with Crippen molar-refractivity contribution in [3.63, 3.8) is 0 Å². The van der Waals surface area contributed by atoms with E-state index in [9.17, 15) is 14.9 Å². The van der Waals surface area contributed by atoms with Crippen molar-refractivity contribution >= 4 is 23.3 Å². The molecule has 1 aliphatic heterocycles. The van der Waals surface area contributed by atoms with Crippen LogP contribution in [0.25, 0.3) is 0 Å². The number of hydrogen-bond acceptors (Lipinski definition) is 7. The van der Waals surface area contributed by atoms with Crippen molar-refractivity contribution in [2.75, 3.05) is 24.0 Å². The number of benzene rings is 2. The Morgan fingerprint density at radius 2 is 2.00 bits per heavy atom. The van der Waals surface area contributed by atoms with Crippen molar-refractivity contribution in [3.05, 3.63) is 59.8 Å². The van der Waals surface area contributed by atoms with Crippen LogP contribution in [0.1, 0.15) is 17.3 Å². The number of nitriles is 1. The van der Waals surface area contributed by atoms with Crippen LogP contribution in [-0.4, -0.2) is 25.3 Å². The zero-order valence-electron chi connectivity index (χ0n) is 15.0. The molecule has 0 bridgehead atoms. The zero-order chi connectivity index (χ0) is 19.9. The number of rotatable bonds is 6. The Morgan fingerprint density at radius 1 is 1.21 bits per heavy atom. The Hall–Kier alpha value is -3.99. The molecule has 8 heteroatoms. The molecule has 2 N–H and O–H groups in total. The minimum absolute atomic E-state index is 0.153. The lowest BCUT2D eigenvalue weighted by Crippen LogP contribution is -2.17. The Labute approximate surface area is 161 Å². The number of fused-ring (bicyclic) bond motifs is 1. The van der Waals surface area contributed by atoms with Crippen LogP contribution in [-0.2, 0) is 9.53 Å². The second-order valence-corrected chi connectivity index (χ2v) is 5.60. The van der Waals surface area contributed by atoms with Gasteiger partial charge in [-0.2, -0.15) is 5.26 Å². The van der Waals surface area contributed by atoms with Crippen molar-refractivity contribution in [1.82, 2.24) is 0 Å². The Bertz CT molecular complexity index is 978. The fourth-order valence-corrected chi connectivity index (χ4v) is 2.46. The molecule has 0 saturated carbocycles. The summed E-state index contributed by atoms with van der Waals surface area (Å²) in [5, 5.41) is 14.8. The molecule has 0 unspecified atom stereocenters. The number of nitrogens with zero attached hydrogens (tertiary/aromatic N) is 1. The monoisotopic (exact) mass is 379 g/mol. The second kappa shape index (κ2) is 8.60. The summed E-state index contributed by atoms with van der Waals surface area (Å²) in [5.41, 5.74) is 0.918. The van der Waals surface area contributed by atoms with Gasteiger partial charge >= 0.3 is 5.97 Å². The molecule has 0 spiro atoms. The number of amides is 1. The van der Waals surface area contributed by atoms with Gasteiger partial charge in [-0.3, -0.25) is 4.79 Å². The van der Waals surface area contributed by atoms with E-state index in [1.54, 1.807) is 43.3 Å². The summed E-state index contributed by atoms with van der Waals surface area (Å²) in [6, 6.07) is 13.4. The van der Waals surface area contributed by atoms with E-state index < -0.39 is 11.9 Å². The van der Waals surface area contributed by atoms with Gasteiger partial charge in [0.15, 0.2) is 11.5 Å². The van der Waals surface area contributed by atoms with Crippen LogP contribution in [0.4, 0.5) is 11.4 Å². The predicted molar refractivity (Wildman–Crippen MR) is 101 cm³/mol. The van der Waals surface area contributed by atoms with E-state index in [2.05, 4.69) is 10.6 Å². The summed E-state index contributed by atoms with van der Waals surface area (Å²) < 4.78 is 15.5. The molecule has 0 radical (unpaired) electrons. The van der Waals surface area contributed by atoms with E-state index in [4.69, 9.17) is 14.2 Å². The molecule has 28 heavy (non-hydrogen) atoms. The zero-order valence-corrected chi connectivity index (χ0v) is 15.0. The predicted octanol–water partition coefficient (Wildman–Crippen LogP) is 3.05. The number of esters is 1. The van der Waals surface area contributed by atoms with Crippen LogP contribution in [0.3, 0.4) is 0 Å². The first-order valence-corrected chi connectivity index (χ1v) is 8.46. The molecular weight excluding hydrogens is 362 g/mol. The minimum atomic E-state index is -0.660. The first-order chi connectivity index (χ1) is 13.6. The number of anilines is 2. The number of ether oxygens (including phenoxy) is 3. The largest absolute Gasteiger partial charge is 0.462 e. The van der Waals surface area contributed by atoms with Gasteiger partial charge in [0.1, 0.15) is 11.6 Å². The third-order valence-corrected chi connectivity index (χ3v) is 3.79. The molecule has 1 heterocycles. The molecule has 0 aromatic heterocycles. The van der Waals surface area contributed by atoms with E-state index in [1.165, 1.54) is 12.3 Å². The highest BCUT2D eigenvalue weighted by molar-refractivity contribution is 6.09. The average Bonchev–Trinajstić information content (AvgIpc) is 3.17. The molecule has 2 aromatic rings. The lowest BCUT2D eigenvalue weighted by molar-refractivity contribution is -0.112. The van der Waals surface area contributed by atoms with Crippen LogP contribution in [0.15, 0.2) is 54.2 Å². The SMILES string of the molecule is CCOC(=O)c1ccccc1NC(=O)/C(C#N)=C\Nc1ccc2c(c1)OCO2. The fourth-order valence-electron chi connectivity index (χ4n) is 2.46. The van der Waals surface area contributed by atoms with Crippen molar-refractivity contribution in [3.8, 4) is 17.6 Å². The lowest BCUT2D eigenvalue weighted by atomic mass is 10.1. The number of carbonyl (C=O) groups is 2. The molecule has 0 aliphatic carbocycles. The number of carbonyl (C=O) groups excluding carboxylic acids is 2. The molecule has 2 aromatic carbocycles. The molecule has 8 nitrogen and oxygen atoms in total. The smallest absolute Gasteiger partial charge is 0.340 e. The number of hydrogen-bond donors (Lipinski definition) is 2. The van der Waals surface area contributed by atoms with Gasteiger partial charge in [-0.15, -0.1) is 0 Å². The van der Waals surface area contributed by atoms with Gasteiger partial charge in [0.05, 0.1) is 17.9 Å². The van der Waals surface area contributed by atoms with Gasteiger partial charge in [-0.25, -0.2) is 4.79 Å². The van der Waals surface area contributed by atoms with E-state index in [0.717, 1.165) is 0 Å². The summed E-state index contributed by atoms with van der Waals surface area (Å²) in [7, 11) is 0. The summed E-state index contributed by atoms with van der Waals surface area (Å²) in [4.78, 5) is 24.4.